The smallest absolute Gasteiger partial charge is 0.274 e. The van der Waals surface area contributed by atoms with Gasteiger partial charge in [0.15, 0.2) is 11.5 Å². The van der Waals surface area contributed by atoms with Gasteiger partial charge in [-0.05, 0) is 36.2 Å². The van der Waals surface area contributed by atoms with Crippen LogP contribution in [0, 0.1) is 5.82 Å². The number of fused-ring (bicyclic) bond motifs is 1. The SMILES string of the molecule is O=C(Nc1ccc2c(c1)OCCO2)c1cc(NCCc2ccc(F)cc2)ncn1. The van der Waals surface area contributed by atoms with Gasteiger partial charge in [-0.1, -0.05) is 12.1 Å². The number of halogens is 1. The second-order valence-electron chi connectivity index (χ2n) is 6.40. The molecule has 0 radical (unpaired) electrons. The number of hydrogen-bond acceptors (Lipinski definition) is 6. The Bertz CT molecular complexity index is 1010. The van der Waals surface area contributed by atoms with Crippen LogP contribution in [0.2, 0.25) is 0 Å². The third-order valence-electron chi connectivity index (χ3n) is 4.33. The minimum absolute atomic E-state index is 0.235. The molecular weight excluding hydrogens is 375 g/mol. The fraction of sp³-hybridized carbons (Fsp3) is 0.190. The molecular formula is C21H19FN4O3. The van der Waals surface area contributed by atoms with Crippen LogP contribution in [0.25, 0.3) is 0 Å². The summed E-state index contributed by atoms with van der Waals surface area (Å²) in [5.74, 6) is 1.18. The summed E-state index contributed by atoms with van der Waals surface area (Å²) in [4.78, 5) is 20.7. The summed E-state index contributed by atoms with van der Waals surface area (Å²) in [5, 5.41) is 5.94. The van der Waals surface area contributed by atoms with Gasteiger partial charge in [0.25, 0.3) is 5.91 Å². The average Bonchev–Trinajstić information content (AvgIpc) is 2.75. The van der Waals surface area contributed by atoms with Crippen molar-refractivity contribution in [3.8, 4) is 11.5 Å². The van der Waals surface area contributed by atoms with Crippen molar-refractivity contribution in [1.29, 1.82) is 0 Å². The maximum Gasteiger partial charge on any atom is 0.274 e. The van der Waals surface area contributed by atoms with Gasteiger partial charge in [-0.3, -0.25) is 4.79 Å². The van der Waals surface area contributed by atoms with Gasteiger partial charge in [-0.15, -0.1) is 0 Å². The zero-order chi connectivity index (χ0) is 20.1. The van der Waals surface area contributed by atoms with E-state index in [0.717, 1.165) is 5.56 Å². The van der Waals surface area contributed by atoms with Gasteiger partial charge in [0.1, 0.15) is 36.9 Å². The predicted octanol–water partition coefficient (Wildman–Crippen LogP) is 3.29. The summed E-state index contributed by atoms with van der Waals surface area (Å²) < 4.78 is 23.9. The van der Waals surface area contributed by atoms with Crippen molar-refractivity contribution in [2.24, 2.45) is 0 Å². The molecule has 29 heavy (non-hydrogen) atoms. The van der Waals surface area contributed by atoms with Gasteiger partial charge in [0.2, 0.25) is 0 Å². The molecule has 7 nitrogen and oxygen atoms in total. The van der Waals surface area contributed by atoms with Gasteiger partial charge >= 0.3 is 0 Å². The van der Waals surface area contributed by atoms with Crippen molar-refractivity contribution in [3.05, 3.63) is 71.9 Å². The van der Waals surface area contributed by atoms with Crippen LogP contribution in [0.15, 0.2) is 54.9 Å². The van der Waals surface area contributed by atoms with Crippen LogP contribution in [0.3, 0.4) is 0 Å². The Balaban J connectivity index is 1.36. The highest BCUT2D eigenvalue weighted by Crippen LogP contribution is 2.32. The molecule has 1 amide bonds. The topological polar surface area (TPSA) is 85.4 Å². The molecule has 2 aromatic carbocycles. The third kappa shape index (κ3) is 4.78. The van der Waals surface area contributed by atoms with Gasteiger partial charge in [-0.25, -0.2) is 14.4 Å². The van der Waals surface area contributed by atoms with Gasteiger partial charge in [0.05, 0.1) is 0 Å². The Hall–Kier alpha value is -3.68. The molecule has 2 heterocycles. The first-order valence-electron chi connectivity index (χ1n) is 9.19. The maximum absolute atomic E-state index is 12.9. The Labute approximate surface area is 166 Å². The summed E-state index contributed by atoms with van der Waals surface area (Å²) in [6, 6.07) is 13.1. The van der Waals surface area contributed by atoms with Crippen molar-refractivity contribution < 1.29 is 18.7 Å². The molecule has 2 N–H and O–H groups in total. The molecule has 0 bridgehead atoms. The van der Waals surface area contributed by atoms with Crippen LogP contribution in [-0.2, 0) is 6.42 Å². The molecule has 0 aliphatic carbocycles. The van der Waals surface area contributed by atoms with Crippen molar-refractivity contribution in [1.82, 2.24) is 9.97 Å². The molecule has 0 spiro atoms. The number of rotatable bonds is 6. The monoisotopic (exact) mass is 394 g/mol. The van der Waals surface area contributed by atoms with Crippen molar-refractivity contribution >= 4 is 17.4 Å². The Morgan fingerprint density at radius 1 is 1.00 bits per heavy atom. The minimum atomic E-state index is -0.356. The highest BCUT2D eigenvalue weighted by molar-refractivity contribution is 6.03. The number of hydrogen-bond donors (Lipinski definition) is 2. The molecule has 0 saturated heterocycles. The molecule has 0 saturated carbocycles. The molecule has 1 aromatic heterocycles. The third-order valence-corrected chi connectivity index (χ3v) is 4.33. The number of carbonyl (C=O) groups is 1. The van der Waals surface area contributed by atoms with Crippen molar-refractivity contribution in [2.75, 3.05) is 30.4 Å². The molecule has 4 rings (SSSR count). The molecule has 0 unspecified atom stereocenters. The lowest BCUT2D eigenvalue weighted by Crippen LogP contribution is -2.17. The lowest BCUT2D eigenvalue weighted by molar-refractivity contribution is 0.102. The van der Waals surface area contributed by atoms with E-state index in [1.807, 2.05) is 0 Å². The first-order chi connectivity index (χ1) is 14.2. The second-order valence-corrected chi connectivity index (χ2v) is 6.40. The lowest BCUT2D eigenvalue weighted by atomic mass is 10.1. The number of benzene rings is 2. The summed E-state index contributed by atoms with van der Waals surface area (Å²) >= 11 is 0. The van der Waals surface area contributed by atoms with Crippen LogP contribution < -0.4 is 20.1 Å². The summed E-state index contributed by atoms with van der Waals surface area (Å²) in [5.41, 5.74) is 1.83. The van der Waals surface area contributed by atoms with Gasteiger partial charge in [-0.2, -0.15) is 0 Å². The zero-order valence-corrected chi connectivity index (χ0v) is 15.5. The van der Waals surface area contributed by atoms with E-state index in [-0.39, 0.29) is 17.4 Å². The number of amides is 1. The van der Waals surface area contributed by atoms with Crippen LogP contribution in [0.1, 0.15) is 16.1 Å². The van der Waals surface area contributed by atoms with Gasteiger partial charge < -0.3 is 20.1 Å². The summed E-state index contributed by atoms with van der Waals surface area (Å²) in [6.45, 7) is 1.58. The highest BCUT2D eigenvalue weighted by Gasteiger charge is 2.14. The number of nitrogens with zero attached hydrogens (tertiary/aromatic N) is 2. The van der Waals surface area contributed by atoms with Crippen LogP contribution in [0.4, 0.5) is 15.9 Å². The van der Waals surface area contributed by atoms with E-state index < -0.39 is 0 Å². The molecule has 3 aromatic rings. The van der Waals surface area contributed by atoms with Crippen LogP contribution in [-0.4, -0.2) is 35.6 Å². The van der Waals surface area contributed by atoms with Crippen LogP contribution in [0.5, 0.6) is 11.5 Å². The van der Waals surface area contributed by atoms with Crippen molar-refractivity contribution in [2.45, 2.75) is 6.42 Å². The molecule has 8 heteroatoms. The van der Waals surface area contributed by atoms with Crippen molar-refractivity contribution in [3.63, 3.8) is 0 Å². The Morgan fingerprint density at radius 2 is 1.79 bits per heavy atom. The average molecular weight is 394 g/mol. The normalized spacial score (nSPS) is 12.3. The molecule has 148 valence electrons. The maximum atomic E-state index is 12.9. The molecule has 0 atom stereocenters. The van der Waals surface area contributed by atoms with E-state index in [4.69, 9.17) is 9.47 Å². The van der Waals surface area contributed by atoms with E-state index in [1.165, 1.54) is 18.5 Å². The molecule has 1 aliphatic heterocycles. The standard InChI is InChI=1S/C21H19FN4O3/c22-15-3-1-14(2-4-15)7-8-23-20-12-17(24-13-25-20)21(27)26-16-5-6-18-19(11-16)29-10-9-28-18/h1-6,11-13H,7-10H2,(H,26,27)(H,23,24,25). The van der Waals surface area contributed by atoms with E-state index in [0.29, 0.717) is 49.2 Å². The Kier molecular flexibility index (Phi) is 5.51. The first-order valence-corrected chi connectivity index (χ1v) is 9.19. The summed E-state index contributed by atoms with van der Waals surface area (Å²) in [7, 11) is 0. The largest absolute Gasteiger partial charge is 0.486 e. The first kappa shape index (κ1) is 18.7. The molecule has 1 aliphatic rings. The Morgan fingerprint density at radius 3 is 2.62 bits per heavy atom. The van der Waals surface area contributed by atoms with E-state index in [2.05, 4.69) is 20.6 Å². The number of anilines is 2. The van der Waals surface area contributed by atoms with E-state index >= 15 is 0 Å². The van der Waals surface area contributed by atoms with Gasteiger partial charge in [0, 0.05) is 24.4 Å². The predicted molar refractivity (Wildman–Crippen MR) is 106 cm³/mol. The molecule has 0 fully saturated rings. The highest BCUT2D eigenvalue weighted by atomic mass is 19.1. The zero-order valence-electron chi connectivity index (χ0n) is 15.5. The van der Waals surface area contributed by atoms with E-state index in [1.54, 1.807) is 36.4 Å². The second kappa shape index (κ2) is 8.55. The minimum Gasteiger partial charge on any atom is -0.486 e. The fourth-order valence-corrected chi connectivity index (χ4v) is 2.88. The quantitative estimate of drug-likeness (QED) is 0.667. The number of nitrogens with one attached hydrogen (secondary N) is 2. The number of aromatic nitrogens is 2. The lowest BCUT2D eigenvalue weighted by Gasteiger charge is -2.19. The fourth-order valence-electron chi connectivity index (χ4n) is 2.88. The van der Waals surface area contributed by atoms with E-state index in [9.17, 15) is 9.18 Å². The number of ether oxygens (including phenoxy) is 2. The summed E-state index contributed by atoms with van der Waals surface area (Å²) in [6.07, 6.45) is 2.03. The van der Waals surface area contributed by atoms with Crippen LogP contribution >= 0.6 is 0 Å². The number of carbonyl (C=O) groups excluding carboxylic acids is 1.